The van der Waals surface area contributed by atoms with Crippen LogP contribution in [-0.4, -0.2) is 41.0 Å². The molecule has 132 valence electrons. The Bertz CT molecular complexity index is 588. The molecule has 0 aliphatic carbocycles. The molecule has 0 aromatic heterocycles. The van der Waals surface area contributed by atoms with Crippen LogP contribution in [0, 0.1) is 5.92 Å². The van der Waals surface area contributed by atoms with Crippen molar-refractivity contribution in [1.82, 2.24) is 4.90 Å². The third-order valence-electron chi connectivity index (χ3n) is 3.77. The van der Waals surface area contributed by atoms with Crippen LogP contribution in [0.4, 0.5) is 10.5 Å². The quantitative estimate of drug-likeness (QED) is 0.519. The first-order chi connectivity index (χ1) is 11.3. The Morgan fingerprint density at radius 1 is 1.25 bits per heavy atom. The predicted octanol–water partition coefficient (Wildman–Crippen LogP) is 5.38. The zero-order valence-electron chi connectivity index (χ0n) is 14.7. The van der Waals surface area contributed by atoms with Crippen LogP contribution in [0.15, 0.2) is 29.3 Å². The van der Waals surface area contributed by atoms with Crippen LogP contribution in [-0.2, 0) is 4.74 Å². The summed E-state index contributed by atoms with van der Waals surface area (Å²) in [6, 6.07) is 7.55. The van der Waals surface area contributed by atoms with Crippen molar-refractivity contribution in [1.29, 1.82) is 0 Å². The van der Waals surface area contributed by atoms with Crippen LogP contribution in [0.3, 0.4) is 0 Å². The number of halogens is 1. The first-order valence-corrected chi connectivity index (χ1v) is 9.75. The number of carbonyl (C=O) groups is 1. The molecule has 1 aliphatic rings. The number of amides is 1. The highest BCUT2D eigenvalue weighted by molar-refractivity contribution is 8.13. The number of nitrogens with zero attached hydrogens (tertiary/aromatic N) is 2. The Morgan fingerprint density at radius 3 is 2.33 bits per heavy atom. The average molecular weight is 369 g/mol. The number of ether oxygens (including phenoxy) is 1. The van der Waals surface area contributed by atoms with Gasteiger partial charge in [-0.05, 0) is 64.1 Å². The fourth-order valence-corrected chi connectivity index (χ4v) is 3.47. The van der Waals surface area contributed by atoms with Gasteiger partial charge in [-0.3, -0.25) is 0 Å². The summed E-state index contributed by atoms with van der Waals surface area (Å²) in [6.07, 6.45) is 3.65. The fourth-order valence-electron chi connectivity index (χ4n) is 2.58. The molecule has 2 rings (SSSR count). The zero-order chi connectivity index (χ0) is 17.7. The van der Waals surface area contributed by atoms with Crippen molar-refractivity contribution in [2.45, 2.75) is 39.2 Å². The van der Waals surface area contributed by atoms with Gasteiger partial charge in [-0.15, -0.1) is 11.8 Å². The van der Waals surface area contributed by atoms with Crippen molar-refractivity contribution >= 4 is 40.2 Å². The Morgan fingerprint density at radius 2 is 1.83 bits per heavy atom. The third-order valence-corrected chi connectivity index (χ3v) is 4.87. The average Bonchev–Trinajstić information content (AvgIpc) is 2.53. The van der Waals surface area contributed by atoms with Gasteiger partial charge in [-0.25, -0.2) is 9.79 Å². The predicted molar refractivity (Wildman–Crippen MR) is 103 cm³/mol. The number of rotatable bonds is 2. The van der Waals surface area contributed by atoms with E-state index in [0.717, 1.165) is 23.6 Å². The first-order valence-electron chi connectivity index (χ1n) is 8.14. The van der Waals surface area contributed by atoms with Gasteiger partial charge in [0.05, 0.1) is 10.7 Å². The lowest BCUT2D eigenvalue weighted by atomic mass is 9.98. The maximum atomic E-state index is 12.1. The van der Waals surface area contributed by atoms with Crippen LogP contribution >= 0.6 is 23.4 Å². The van der Waals surface area contributed by atoms with Crippen LogP contribution in [0.1, 0.15) is 33.6 Å². The largest absolute Gasteiger partial charge is 0.444 e. The number of hydrogen-bond acceptors (Lipinski definition) is 4. The second-order valence-electron chi connectivity index (χ2n) is 6.87. The van der Waals surface area contributed by atoms with Crippen LogP contribution < -0.4 is 0 Å². The van der Waals surface area contributed by atoms with E-state index in [1.165, 1.54) is 0 Å². The smallest absolute Gasteiger partial charge is 0.410 e. The highest BCUT2D eigenvalue weighted by Crippen LogP contribution is 2.27. The number of hydrogen-bond donors (Lipinski definition) is 0. The van der Waals surface area contributed by atoms with Crippen molar-refractivity contribution in [2.24, 2.45) is 10.9 Å². The van der Waals surface area contributed by atoms with E-state index < -0.39 is 5.60 Å². The summed E-state index contributed by atoms with van der Waals surface area (Å²) >= 11 is 7.60. The topological polar surface area (TPSA) is 41.9 Å². The molecule has 0 atom stereocenters. The van der Waals surface area contributed by atoms with E-state index >= 15 is 0 Å². The molecule has 0 spiro atoms. The van der Waals surface area contributed by atoms with Gasteiger partial charge in [0.1, 0.15) is 5.60 Å². The Labute approximate surface area is 153 Å². The van der Waals surface area contributed by atoms with Gasteiger partial charge in [0.25, 0.3) is 0 Å². The summed E-state index contributed by atoms with van der Waals surface area (Å²) in [7, 11) is 0. The normalized spacial score (nSPS) is 17.0. The van der Waals surface area contributed by atoms with Crippen LogP contribution in [0.25, 0.3) is 0 Å². The molecule has 1 amide bonds. The molecular formula is C18H25ClN2O2S. The van der Waals surface area contributed by atoms with Crippen LogP contribution in [0.2, 0.25) is 5.02 Å². The molecule has 0 bridgehead atoms. The van der Waals surface area contributed by atoms with Crippen LogP contribution in [0.5, 0.6) is 0 Å². The molecule has 6 heteroatoms. The fraction of sp³-hybridized carbons (Fsp3) is 0.556. The summed E-state index contributed by atoms with van der Waals surface area (Å²) in [6.45, 7) is 7.09. The molecule has 1 fully saturated rings. The second kappa shape index (κ2) is 8.26. The molecule has 1 saturated heterocycles. The van der Waals surface area contributed by atoms with E-state index in [2.05, 4.69) is 6.26 Å². The van der Waals surface area contributed by atoms with E-state index in [-0.39, 0.29) is 6.09 Å². The maximum Gasteiger partial charge on any atom is 0.410 e. The molecule has 0 radical (unpaired) electrons. The first kappa shape index (κ1) is 19.1. The van der Waals surface area contributed by atoms with Crippen molar-refractivity contribution in [3.05, 3.63) is 29.3 Å². The minimum Gasteiger partial charge on any atom is -0.444 e. The molecule has 4 nitrogen and oxygen atoms in total. The van der Waals surface area contributed by atoms with Crippen molar-refractivity contribution in [3.8, 4) is 0 Å². The molecule has 1 heterocycles. The van der Waals surface area contributed by atoms with Gasteiger partial charge < -0.3 is 9.64 Å². The lowest BCUT2D eigenvalue weighted by Gasteiger charge is -2.33. The van der Waals surface area contributed by atoms with E-state index in [1.807, 2.05) is 45.0 Å². The standard InChI is InChI=1S/C18H25ClN2O2S/c1-18(2,3)23-17(22)21-11-9-13(10-12-21)16(24-4)20-15-7-5-14(19)6-8-15/h5-8,13H,9-12H2,1-4H3. The lowest BCUT2D eigenvalue weighted by Crippen LogP contribution is -2.42. The minimum absolute atomic E-state index is 0.221. The molecule has 1 aromatic carbocycles. The van der Waals surface area contributed by atoms with E-state index in [9.17, 15) is 4.79 Å². The molecule has 0 unspecified atom stereocenters. The van der Waals surface area contributed by atoms with Gasteiger partial charge >= 0.3 is 6.09 Å². The van der Waals surface area contributed by atoms with Gasteiger partial charge in [0.2, 0.25) is 0 Å². The van der Waals surface area contributed by atoms with E-state index in [4.69, 9.17) is 21.3 Å². The number of carbonyl (C=O) groups excluding carboxylic acids is 1. The van der Waals surface area contributed by atoms with Crippen molar-refractivity contribution < 1.29 is 9.53 Å². The highest BCUT2D eigenvalue weighted by Gasteiger charge is 2.28. The molecule has 0 saturated carbocycles. The zero-order valence-corrected chi connectivity index (χ0v) is 16.3. The van der Waals surface area contributed by atoms with Gasteiger partial charge in [-0.1, -0.05) is 11.6 Å². The lowest BCUT2D eigenvalue weighted by molar-refractivity contribution is 0.0202. The SMILES string of the molecule is CSC(=Nc1ccc(Cl)cc1)C1CCN(C(=O)OC(C)(C)C)CC1. The molecule has 1 aromatic rings. The van der Waals surface area contributed by atoms with Gasteiger partial charge in [-0.2, -0.15) is 0 Å². The maximum absolute atomic E-state index is 12.1. The molecular weight excluding hydrogens is 344 g/mol. The summed E-state index contributed by atoms with van der Waals surface area (Å²) in [5.41, 5.74) is 0.465. The number of thioether (sulfide) groups is 1. The number of benzene rings is 1. The summed E-state index contributed by atoms with van der Waals surface area (Å²) in [4.78, 5) is 18.7. The molecule has 0 N–H and O–H groups in total. The Balaban J connectivity index is 1.96. The van der Waals surface area contributed by atoms with E-state index in [0.29, 0.717) is 24.0 Å². The number of piperidine rings is 1. The summed E-state index contributed by atoms with van der Waals surface area (Å²) < 4.78 is 5.45. The molecule has 24 heavy (non-hydrogen) atoms. The highest BCUT2D eigenvalue weighted by atomic mass is 35.5. The number of likely N-dealkylation sites (tertiary alicyclic amines) is 1. The minimum atomic E-state index is -0.450. The van der Waals surface area contributed by atoms with Gasteiger partial charge in [0.15, 0.2) is 0 Å². The Kier molecular flexibility index (Phi) is 6.58. The summed E-state index contributed by atoms with van der Waals surface area (Å²) in [5, 5.41) is 1.83. The Hall–Kier alpha value is -1.20. The third kappa shape index (κ3) is 5.71. The number of aliphatic imine (C=N–C) groups is 1. The summed E-state index contributed by atoms with van der Waals surface area (Å²) in [5.74, 6) is 0.384. The van der Waals surface area contributed by atoms with Crippen molar-refractivity contribution in [3.63, 3.8) is 0 Å². The second-order valence-corrected chi connectivity index (χ2v) is 8.14. The molecule has 1 aliphatic heterocycles. The monoisotopic (exact) mass is 368 g/mol. The van der Waals surface area contributed by atoms with Gasteiger partial charge in [0, 0.05) is 24.0 Å². The van der Waals surface area contributed by atoms with Crippen molar-refractivity contribution in [2.75, 3.05) is 19.3 Å². The van der Waals surface area contributed by atoms with E-state index in [1.54, 1.807) is 16.7 Å².